The normalized spacial score (nSPS) is 15.2. The van der Waals surface area contributed by atoms with Gasteiger partial charge in [-0.3, -0.25) is 9.69 Å². The molecule has 5 nitrogen and oxygen atoms in total. The zero-order chi connectivity index (χ0) is 13.9. The number of nitrogens with zero attached hydrogens (tertiary/aromatic N) is 2. The van der Waals surface area contributed by atoms with Crippen molar-refractivity contribution >= 4 is 0 Å². The Kier molecular flexibility index (Phi) is 3.69. The highest BCUT2D eigenvalue weighted by Gasteiger charge is 2.21. The highest BCUT2D eigenvalue weighted by Crippen LogP contribution is 2.16. The van der Waals surface area contributed by atoms with Crippen LogP contribution in [0.15, 0.2) is 23.1 Å². The maximum atomic E-state index is 12.2. The van der Waals surface area contributed by atoms with E-state index in [1.54, 1.807) is 0 Å². The van der Waals surface area contributed by atoms with Crippen LogP contribution in [0.2, 0.25) is 0 Å². The standard InChI is InChI=1S/C15H20N4O/c1-2-4-14-17-13-6-8-19(9-11-5-3-7-16-11)10-12(13)15(20)18-14/h3,5,7,16H,2,4,6,8-10H2,1H3,(H,17,18,20). The van der Waals surface area contributed by atoms with E-state index in [1.807, 2.05) is 12.3 Å². The Morgan fingerprint density at radius 2 is 2.35 bits per heavy atom. The van der Waals surface area contributed by atoms with Gasteiger partial charge in [0.1, 0.15) is 5.82 Å². The molecule has 0 aromatic carbocycles. The molecule has 0 aliphatic carbocycles. The maximum Gasteiger partial charge on any atom is 0.255 e. The number of rotatable bonds is 4. The monoisotopic (exact) mass is 272 g/mol. The molecule has 3 rings (SSSR count). The fraction of sp³-hybridized carbons (Fsp3) is 0.467. The number of H-pyrrole nitrogens is 2. The van der Waals surface area contributed by atoms with Gasteiger partial charge in [0.25, 0.3) is 5.56 Å². The molecule has 0 fully saturated rings. The summed E-state index contributed by atoms with van der Waals surface area (Å²) in [5.41, 5.74) is 3.04. The van der Waals surface area contributed by atoms with Crippen molar-refractivity contribution in [3.8, 4) is 0 Å². The first-order valence-electron chi connectivity index (χ1n) is 7.22. The van der Waals surface area contributed by atoms with Crippen molar-refractivity contribution in [1.29, 1.82) is 0 Å². The van der Waals surface area contributed by atoms with Crippen LogP contribution in [0.3, 0.4) is 0 Å². The summed E-state index contributed by atoms with van der Waals surface area (Å²) in [6, 6.07) is 4.07. The van der Waals surface area contributed by atoms with Crippen LogP contribution in [0.25, 0.3) is 0 Å². The Bertz CT molecular complexity index is 630. The predicted molar refractivity (Wildman–Crippen MR) is 77.5 cm³/mol. The molecule has 1 aliphatic heterocycles. The third-order valence-corrected chi connectivity index (χ3v) is 3.74. The molecule has 2 N–H and O–H groups in total. The second kappa shape index (κ2) is 5.63. The van der Waals surface area contributed by atoms with E-state index in [1.165, 1.54) is 5.69 Å². The second-order valence-electron chi connectivity index (χ2n) is 5.34. The van der Waals surface area contributed by atoms with E-state index in [2.05, 4.69) is 32.8 Å². The molecule has 0 spiro atoms. The third kappa shape index (κ3) is 2.67. The molecule has 20 heavy (non-hydrogen) atoms. The number of aromatic nitrogens is 3. The minimum Gasteiger partial charge on any atom is -0.364 e. The maximum absolute atomic E-state index is 12.2. The predicted octanol–water partition coefficient (Wildman–Crippen LogP) is 1.61. The lowest BCUT2D eigenvalue weighted by Crippen LogP contribution is -2.35. The quantitative estimate of drug-likeness (QED) is 0.888. The summed E-state index contributed by atoms with van der Waals surface area (Å²) in [5, 5.41) is 0. The minimum atomic E-state index is 0.0367. The first kappa shape index (κ1) is 13.1. The largest absolute Gasteiger partial charge is 0.364 e. The molecule has 0 amide bonds. The van der Waals surface area contributed by atoms with E-state index in [4.69, 9.17) is 0 Å². The second-order valence-corrected chi connectivity index (χ2v) is 5.34. The van der Waals surface area contributed by atoms with Crippen LogP contribution in [0.5, 0.6) is 0 Å². The summed E-state index contributed by atoms with van der Waals surface area (Å²) in [6.45, 7) is 4.58. The Balaban J connectivity index is 1.79. The lowest BCUT2D eigenvalue weighted by molar-refractivity contribution is 0.239. The lowest BCUT2D eigenvalue weighted by atomic mass is 10.1. The zero-order valence-electron chi connectivity index (χ0n) is 11.8. The van der Waals surface area contributed by atoms with Crippen LogP contribution in [0, 0.1) is 0 Å². The van der Waals surface area contributed by atoms with Gasteiger partial charge in [0.05, 0.1) is 11.3 Å². The average molecular weight is 272 g/mol. The molecule has 0 unspecified atom stereocenters. The summed E-state index contributed by atoms with van der Waals surface area (Å²) >= 11 is 0. The summed E-state index contributed by atoms with van der Waals surface area (Å²) < 4.78 is 0. The number of aromatic amines is 2. The van der Waals surface area contributed by atoms with Gasteiger partial charge >= 0.3 is 0 Å². The topological polar surface area (TPSA) is 64.8 Å². The smallest absolute Gasteiger partial charge is 0.255 e. The molecule has 106 valence electrons. The van der Waals surface area contributed by atoms with E-state index >= 15 is 0 Å². The fourth-order valence-corrected chi connectivity index (χ4v) is 2.73. The molecule has 0 bridgehead atoms. The van der Waals surface area contributed by atoms with E-state index in [9.17, 15) is 4.79 Å². The van der Waals surface area contributed by atoms with Crippen molar-refractivity contribution in [2.24, 2.45) is 0 Å². The van der Waals surface area contributed by atoms with Gasteiger partial charge in [-0.25, -0.2) is 4.98 Å². The lowest BCUT2D eigenvalue weighted by Gasteiger charge is -2.27. The number of aryl methyl sites for hydroxylation is 1. The SMILES string of the molecule is CCCc1nc2c(c(=O)[nH]1)CN(Cc1ccc[nH]1)CC2. The molecule has 0 saturated carbocycles. The van der Waals surface area contributed by atoms with Gasteiger partial charge in [-0.15, -0.1) is 0 Å². The van der Waals surface area contributed by atoms with Crippen LogP contribution in [0.4, 0.5) is 0 Å². The number of hydrogen-bond donors (Lipinski definition) is 2. The highest BCUT2D eigenvalue weighted by atomic mass is 16.1. The molecule has 2 aromatic rings. The van der Waals surface area contributed by atoms with Gasteiger partial charge in [-0.1, -0.05) is 6.92 Å². The van der Waals surface area contributed by atoms with Crippen molar-refractivity contribution < 1.29 is 0 Å². The van der Waals surface area contributed by atoms with Gasteiger partial charge in [-0.05, 0) is 18.6 Å². The Morgan fingerprint density at radius 1 is 1.45 bits per heavy atom. The highest BCUT2D eigenvalue weighted by molar-refractivity contribution is 5.21. The van der Waals surface area contributed by atoms with E-state index in [0.717, 1.165) is 49.4 Å². The summed E-state index contributed by atoms with van der Waals surface area (Å²) in [7, 11) is 0. The van der Waals surface area contributed by atoms with Crippen molar-refractivity contribution in [2.45, 2.75) is 39.3 Å². The first-order valence-corrected chi connectivity index (χ1v) is 7.22. The molecule has 0 saturated heterocycles. The van der Waals surface area contributed by atoms with E-state index in [-0.39, 0.29) is 5.56 Å². The van der Waals surface area contributed by atoms with Gasteiger partial charge in [0.2, 0.25) is 0 Å². The first-order chi connectivity index (χ1) is 9.76. The van der Waals surface area contributed by atoms with Crippen molar-refractivity contribution in [3.63, 3.8) is 0 Å². The van der Waals surface area contributed by atoms with Crippen molar-refractivity contribution in [2.75, 3.05) is 6.54 Å². The van der Waals surface area contributed by atoms with Gasteiger partial charge in [0.15, 0.2) is 0 Å². The summed E-state index contributed by atoms with van der Waals surface area (Å²) in [6.07, 6.45) is 4.63. The van der Waals surface area contributed by atoms with Crippen LogP contribution < -0.4 is 5.56 Å². The van der Waals surface area contributed by atoms with E-state index < -0.39 is 0 Å². The van der Waals surface area contributed by atoms with Crippen LogP contribution in [-0.4, -0.2) is 26.4 Å². The number of fused-ring (bicyclic) bond motifs is 1. The number of hydrogen-bond acceptors (Lipinski definition) is 3. The van der Waals surface area contributed by atoms with Crippen LogP contribution in [0.1, 0.15) is 36.1 Å². The average Bonchev–Trinajstić information content (AvgIpc) is 2.93. The van der Waals surface area contributed by atoms with Gasteiger partial charge in [-0.2, -0.15) is 0 Å². The molecule has 2 aromatic heterocycles. The van der Waals surface area contributed by atoms with Crippen molar-refractivity contribution in [1.82, 2.24) is 19.9 Å². The fourth-order valence-electron chi connectivity index (χ4n) is 2.73. The van der Waals surface area contributed by atoms with Gasteiger partial charge < -0.3 is 9.97 Å². The molecule has 3 heterocycles. The molecule has 1 aliphatic rings. The zero-order valence-corrected chi connectivity index (χ0v) is 11.8. The summed E-state index contributed by atoms with van der Waals surface area (Å²) in [5.74, 6) is 0.828. The van der Waals surface area contributed by atoms with Crippen LogP contribution >= 0.6 is 0 Å². The van der Waals surface area contributed by atoms with Crippen LogP contribution in [-0.2, 0) is 25.9 Å². The third-order valence-electron chi connectivity index (χ3n) is 3.74. The number of nitrogens with one attached hydrogen (secondary N) is 2. The minimum absolute atomic E-state index is 0.0367. The Morgan fingerprint density at radius 3 is 3.10 bits per heavy atom. The van der Waals surface area contributed by atoms with E-state index in [0.29, 0.717) is 6.54 Å². The molecule has 0 radical (unpaired) electrons. The Labute approximate surface area is 118 Å². The summed E-state index contributed by atoms with van der Waals surface area (Å²) in [4.78, 5) is 25.2. The molecular formula is C15H20N4O. The molecular weight excluding hydrogens is 252 g/mol. The molecule has 0 atom stereocenters. The van der Waals surface area contributed by atoms with Gasteiger partial charge in [0, 0.05) is 44.4 Å². The Hall–Kier alpha value is -1.88. The molecule has 5 heteroatoms. The van der Waals surface area contributed by atoms with Crippen molar-refractivity contribution in [3.05, 3.63) is 51.5 Å².